The van der Waals surface area contributed by atoms with Crippen LogP contribution in [0.1, 0.15) is 27.7 Å². The van der Waals surface area contributed by atoms with E-state index in [1.165, 1.54) is 0 Å². The number of nitrogens with zero attached hydrogens (tertiary/aromatic N) is 3. The van der Waals surface area contributed by atoms with E-state index in [9.17, 15) is 0 Å². The minimum absolute atomic E-state index is 0.171. The zero-order valence-corrected chi connectivity index (χ0v) is 12.0. The monoisotopic (exact) mass is 285 g/mol. The van der Waals surface area contributed by atoms with Crippen LogP contribution in [0.5, 0.6) is 0 Å². The molecule has 0 aliphatic carbocycles. The molecule has 8 heteroatoms. The van der Waals surface area contributed by atoms with Crippen molar-refractivity contribution in [2.75, 3.05) is 6.54 Å². The Morgan fingerprint density at radius 2 is 1.55 bits per heavy atom. The van der Waals surface area contributed by atoms with Crippen molar-refractivity contribution in [1.29, 1.82) is 0 Å². The first-order chi connectivity index (χ1) is 9.31. The van der Waals surface area contributed by atoms with Crippen molar-refractivity contribution >= 4 is 0 Å². The van der Waals surface area contributed by atoms with Crippen LogP contribution in [0.2, 0.25) is 0 Å². The summed E-state index contributed by atoms with van der Waals surface area (Å²) >= 11 is 0. The zero-order valence-electron chi connectivity index (χ0n) is 12.0. The van der Waals surface area contributed by atoms with E-state index in [1.54, 1.807) is 0 Å². The molecule has 3 saturated heterocycles. The van der Waals surface area contributed by atoms with Crippen molar-refractivity contribution in [3.05, 3.63) is 10.4 Å². The quantitative estimate of drug-likeness (QED) is 0.437. The highest BCUT2D eigenvalue weighted by molar-refractivity contribution is 5.00. The van der Waals surface area contributed by atoms with Crippen LogP contribution in [0.25, 0.3) is 10.4 Å². The highest BCUT2D eigenvalue weighted by atomic mass is 16.9. The second-order valence-corrected chi connectivity index (χ2v) is 6.12. The lowest BCUT2D eigenvalue weighted by molar-refractivity contribution is -0.231. The van der Waals surface area contributed by atoms with Gasteiger partial charge in [-0.3, -0.25) is 0 Å². The lowest BCUT2D eigenvalue weighted by atomic mass is 9.99. The second-order valence-electron chi connectivity index (χ2n) is 6.12. The molecule has 0 N–H and O–H groups in total. The number of rotatable bonds is 2. The maximum Gasteiger partial charge on any atom is 0.190 e. The third-order valence-corrected chi connectivity index (χ3v) is 3.58. The Balaban J connectivity index is 1.85. The van der Waals surface area contributed by atoms with Gasteiger partial charge in [0.15, 0.2) is 17.9 Å². The molecular weight excluding hydrogens is 266 g/mol. The fourth-order valence-electron chi connectivity index (χ4n) is 2.96. The normalized spacial score (nSPS) is 44.5. The molecule has 0 bridgehead atoms. The summed E-state index contributed by atoms with van der Waals surface area (Å²) in [6.07, 6.45) is -1.93. The van der Waals surface area contributed by atoms with Crippen LogP contribution >= 0.6 is 0 Å². The lowest BCUT2D eigenvalue weighted by Gasteiger charge is -2.36. The van der Waals surface area contributed by atoms with Crippen molar-refractivity contribution in [3.8, 4) is 0 Å². The summed E-state index contributed by atoms with van der Waals surface area (Å²) in [6.45, 7) is 7.50. The van der Waals surface area contributed by atoms with Gasteiger partial charge in [-0.2, -0.15) is 0 Å². The summed E-state index contributed by atoms with van der Waals surface area (Å²) in [6, 6.07) is 0. The van der Waals surface area contributed by atoms with Crippen molar-refractivity contribution < 1.29 is 23.7 Å². The fraction of sp³-hybridized carbons (Fsp3) is 1.00. The van der Waals surface area contributed by atoms with E-state index in [1.807, 2.05) is 27.7 Å². The molecule has 1 unspecified atom stereocenters. The Hall–Kier alpha value is -0.890. The van der Waals surface area contributed by atoms with Gasteiger partial charge in [-0.05, 0) is 33.2 Å². The van der Waals surface area contributed by atoms with Crippen molar-refractivity contribution in [2.24, 2.45) is 5.11 Å². The predicted octanol–water partition coefficient (Wildman–Crippen LogP) is 1.69. The summed E-state index contributed by atoms with van der Waals surface area (Å²) in [5, 5.41) is 3.58. The molecule has 0 spiro atoms. The molecule has 0 saturated carbocycles. The molecule has 8 nitrogen and oxygen atoms in total. The number of hydrogen-bond acceptors (Lipinski definition) is 6. The summed E-state index contributed by atoms with van der Waals surface area (Å²) in [7, 11) is 0. The van der Waals surface area contributed by atoms with Gasteiger partial charge in [0.1, 0.15) is 18.3 Å². The Morgan fingerprint density at radius 3 is 2.25 bits per heavy atom. The minimum Gasteiger partial charge on any atom is -0.344 e. The van der Waals surface area contributed by atoms with Gasteiger partial charge in [0, 0.05) is 4.91 Å². The Bertz CT molecular complexity index is 448. The van der Waals surface area contributed by atoms with Gasteiger partial charge in [-0.1, -0.05) is 5.11 Å². The average molecular weight is 285 g/mol. The number of fused-ring (bicyclic) bond motifs is 3. The summed E-state index contributed by atoms with van der Waals surface area (Å²) in [4.78, 5) is 2.77. The molecule has 0 aromatic rings. The number of ether oxygens (including phenoxy) is 5. The Kier molecular flexibility index (Phi) is 3.20. The van der Waals surface area contributed by atoms with Crippen molar-refractivity contribution in [2.45, 2.75) is 70.0 Å². The molecule has 3 rings (SSSR count). The summed E-state index contributed by atoms with van der Waals surface area (Å²) < 4.78 is 29.2. The SMILES string of the molecule is CC1(C)O[C@@H]2[C@H](O1)[C@H]1OC(C)(C)OC1O[C@@H]2CN=[N+]=[N-]. The lowest BCUT2D eigenvalue weighted by Crippen LogP contribution is -2.55. The van der Waals surface area contributed by atoms with Gasteiger partial charge >= 0.3 is 0 Å². The third kappa shape index (κ3) is 2.39. The maximum atomic E-state index is 8.49. The standard InChI is InChI=1S/C12H19N3O5/c1-11(2)17-7-6(5-14-15-13)16-10-9(8(7)18-11)19-12(3,4)20-10/h6-10H,5H2,1-4H3/t6-,7+,8+,9-,10?/m1/s1. The van der Waals surface area contributed by atoms with Crippen LogP contribution in [-0.4, -0.2) is 48.8 Å². The zero-order chi connectivity index (χ0) is 14.5. The van der Waals surface area contributed by atoms with Crippen LogP contribution in [0.4, 0.5) is 0 Å². The largest absolute Gasteiger partial charge is 0.344 e. The van der Waals surface area contributed by atoms with Crippen molar-refractivity contribution in [3.63, 3.8) is 0 Å². The topological polar surface area (TPSA) is 94.9 Å². The van der Waals surface area contributed by atoms with E-state index in [2.05, 4.69) is 10.0 Å². The average Bonchev–Trinajstić information content (AvgIpc) is 2.80. The number of hydrogen-bond donors (Lipinski definition) is 0. The summed E-state index contributed by atoms with van der Waals surface area (Å²) in [5.41, 5.74) is 8.49. The molecule has 0 amide bonds. The van der Waals surface area contributed by atoms with Crippen LogP contribution in [0, 0.1) is 0 Å². The molecule has 0 aromatic heterocycles. The van der Waals surface area contributed by atoms with E-state index in [0.29, 0.717) is 0 Å². The van der Waals surface area contributed by atoms with E-state index < -0.39 is 24.0 Å². The van der Waals surface area contributed by atoms with Gasteiger partial charge in [-0.25, -0.2) is 0 Å². The van der Waals surface area contributed by atoms with E-state index >= 15 is 0 Å². The molecule has 5 atom stereocenters. The predicted molar refractivity (Wildman–Crippen MR) is 66.5 cm³/mol. The van der Waals surface area contributed by atoms with Gasteiger partial charge in [0.25, 0.3) is 0 Å². The van der Waals surface area contributed by atoms with Crippen LogP contribution < -0.4 is 0 Å². The molecule has 3 aliphatic rings. The van der Waals surface area contributed by atoms with E-state index in [-0.39, 0.29) is 24.9 Å². The first-order valence-corrected chi connectivity index (χ1v) is 6.69. The Labute approximate surface area is 116 Å². The molecule has 3 fully saturated rings. The second kappa shape index (κ2) is 4.56. The van der Waals surface area contributed by atoms with E-state index in [4.69, 9.17) is 29.2 Å². The first kappa shape index (κ1) is 14.1. The van der Waals surface area contributed by atoms with Gasteiger partial charge < -0.3 is 23.7 Å². The third-order valence-electron chi connectivity index (χ3n) is 3.58. The van der Waals surface area contributed by atoms with Gasteiger partial charge in [0.2, 0.25) is 0 Å². The summed E-state index contributed by atoms with van der Waals surface area (Å²) in [5.74, 6) is -1.46. The Morgan fingerprint density at radius 1 is 0.950 bits per heavy atom. The molecular formula is C12H19N3O5. The highest BCUT2D eigenvalue weighted by Crippen LogP contribution is 2.44. The minimum atomic E-state index is -0.733. The van der Waals surface area contributed by atoms with Crippen LogP contribution in [-0.2, 0) is 23.7 Å². The molecule has 0 aromatic carbocycles. The van der Waals surface area contributed by atoms with E-state index in [0.717, 1.165) is 0 Å². The molecule has 0 radical (unpaired) electrons. The van der Waals surface area contributed by atoms with Gasteiger partial charge in [-0.15, -0.1) is 0 Å². The fourth-order valence-corrected chi connectivity index (χ4v) is 2.96. The van der Waals surface area contributed by atoms with Crippen LogP contribution in [0.15, 0.2) is 5.11 Å². The maximum absolute atomic E-state index is 8.49. The number of azide groups is 1. The molecule has 112 valence electrons. The molecule has 3 heterocycles. The van der Waals surface area contributed by atoms with Crippen LogP contribution in [0.3, 0.4) is 0 Å². The van der Waals surface area contributed by atoms with Crippen molar-refractivity contribution in [1.82, 2.24) is 0 Å². The van der Waals surface area contributed by atoms with Gasteiger partial charge in [0.05, 0.1) is 12.6 Å². The molecule has 3 aliphatic heterocycles. The highest BCUT2D eigenvalue weighted by Gasteiger charge is 2.60. The first-order valence-electron chi connectivity index (χ1n) is 6.69. The smallest absolute Gasteiger partial charge is 0.190 e. The molecule has 20 heavy (non-hydrogen) atoms.